The van der Waals surface area contributed by atoms with Crippen molar-refractivity contribution in [1.82, 2.24) is 0 Å². The van der Waals surface area contributed by atoms with Crippen molar-refractivity contribution >= 4 is 16.3 Å². The Morgan fingerprint density at radius 2 is 2.25 bits per heavy atom. The molecule has 0 fully saturated rings. The van der Waals surface area contributed by atoms with E-state index in [-0.39, 0.29) is 0 Å². The zero-order chi connectivity index (χ0) is 6.41. The maximum absolute atomic E-state index is 5.34. The predicted molar refractivity (Wildman–Crippen MR) is 33.3 cm³/mol. The first-order valence-corrected chi connectivity index (χ1v) is 3.25. The summed E-state index contributed by atoms with van der Waals surface area (Å²) < 4.78 is 1.79. The second-order valence-corrected chi connectivity index (χ2v) is 1.83. The molecule has 0 radical (unpaired) electrons. The normalized spacial score (nSPS) is 12.2. The Bertz CT molecular complexity index is 128. The molecule has 43 valence electrons. The van der Waals surface area contributed by atoms with Crippen molar-refractivity contribution in [2.75, 3.05) is 0 Å². The van der Waals surface area contributed by atoms with E-state index in [2.05, 4.69) is 17.0 Å². The van der Waals surface area contributed by atoms with Crippen molar-refractivity contribution in [2.24, 2.45) is 5.73 Å². The molecule has 0 aromatic carbocycles. The molecule has 0 bridgehead atoms. The van der Waals surface area contributed by atoms with Crippen LogP contribution >= 0.6 is 11.6 Å². The molecule has 3 heteroatoms. The molecule has 0 aromatic rings. The van der Waals surface area contributed by atoms with Gasteiger partial charge in [-0.15, -0.1) is 0 Å². The van der Waals surface area contributed by atoms with Crippen LogP contribution in [0.2, 0.25) is 0 Å². The number of halogens is 1. The molecule has 0 aromatic heterocycles. The van der Waals surface area contributed by atoms with Gasteiger partial charge in [-0.25, -0.2) is 0 Å². The van der Waals surface area contributed by atoms with Crippen LogP contribution in [0.25, 0.3) is 0 Å². The van der Waals surface area contributed by atoms with E-state index in [4.69, 9.17) is 17.3 Å². The van der Waals surface area contributed by atoms with Crippen molar-refractivity contribution in [3.05, 3.63) is 23.4 Å². The SMILES string of the molecule is N/C(C=CCl)=C/[CH]=[V]. The first kappa shape index (κ1) is 8.02. The topological polar surface area (TPSA) is 26.0 Å². The van der Waals surface area contributed by atoms with Gasteiger partial charge in [0.25, 0.3) is 0 Å². The number of allylic oxidation sites excluding steroid dienone is 2. The van der Waals surface area contributed by atoms with Gasteiger partial charge in [0.15, 0.2) is 0 Å². The molecule has 0 spiro atoms. The van der Waals surface area contributed by atoms with E-state index in [1.54, 1.807) is 16.9 Å². The number of hydrogen-bond acceptors (Lipinski definition) is 1. The Morgan fingerprint density at radius 1 is 1.62 bits per heavy atom. The van der Waals surface area contributed by atoms with Gasteiger partial charge in [-0.2, -0.15) is 0 Å². The van der Waals surface area contributed by atoms with Crippen LogP contribution in [0.4, 0.5) is 0 Å². The van der Waals surface area contributed by atoms with Gasteiger partial charge < -0.3 is 0 Å². The summed E-state index contributed by atoms with van der Waals surface area (Å²) in [6, 6.07) is 0. The molecule has 0 unspecified atom stereocenters. The summed E-state index contributed by atoms with van der Waals surface area (Å²) >= 11 is 7.50. The Balaban J connectivity index is 3.79. The average molecular weight is 167 g/mol. The third kappa shape index (κ3) is 4.19. The molecule has 0 atom stereocenters. The summed E-state index contributed by atoms with van der Waals surface area (Å²) in [6.45, 7) is 0. The summed E-state index contributed by atoms with van der Waals surface area (Å²) in [6.07, 6.45) is 3.37. The van der Waals surface area contributed by atoms with E-state index in [0.717, 1.165) is 0 Å². The molecule has 0 amide bonds. The van der Waals surface area contributed by atoms with E-state index in [1.807, 2.05) is 0 Å². The van der Waals surface area contributed by atoms with Gasteiger partial charge in [-0.1, -0.05) is 0 Å². The summed E-state index contributed by atoms with van der Waals surface area (Å²) in [7, 11) is 0. The number of hydrogen-bond donors (Lipinski definition) is 1. The average Bonchev–Trinajstić information content (AvgIpc) is 1.68. The first-order chi connectivity index (χ1) is 3.81. The summed E-state index contributed by atoms with van der Waals surface area (Å²) in [5, 5.41) is 0. The molecule has 0 aliphatic carbocycles. The number of nitrogens with two attached hydrogens (primary N) is 1. The van der Waals surface area contributed by atoms with E-state index in [9.17, 15) is 0 Å². The molecular weight excluding hydrogens is 160 g/mol. The Labute approximate surface area is 62.7 Å². The summed E-state index contributed by atoms with van der Waals surface area (Å²) in [5.41, 5.74) is 7.37. The van der Waals surface area contributed by atoms with Crippen molar-refractivity contribution in [1.29, 1.82) is 0 Å². The van der Waals surface area contributed by atoms with Crippen molar-refractivity contribution < 1.29 is 17.0 Å². The molecule has 0 aliphatic rings. The minimum absolute atomic E-state index is 0.653. The molecule has 0 saturated carbocycles. The second kappa shape index (κ2) is 5.17. The number of rotatable bonds is 2. The molecule has 0 heterocycles. The second-order valence-electron chi connectivity index (χ2n) is 1.11. The van der Waals surface area contributed by atoms with Crippen LogP contribution in [-0.2, 0) is 17.0 Å². The molecule has 2 N–H and O–H groups in total. The fraction of sp³-hybridized carbons (Fsp3) is 0. The molecule has 1 nitrogen and oxygen atoms in total. The minimum atomic E-state index is 0.653. The standard InChI is InChI=1S/C5H6ClN.V/c1-2-5(7)3-4-6;/h1-4H,7H2;/b4-3?,5-2+;. The van der Waals surface area contributed by atoms with Gasteiger partial charge >= 0.3 is 62.4 Å². The summed E-state index contributed by atoms with van der Waals surface area (Å²) in [4.78, 5) is 0. The third-order valence-electron chi connectivity index (χ3n) is 0.522. The van der Waals surface area contributed by atoms with Crippen LogP contribution in [-0.4, -0.2) is 4.73 Å². The van der Waals surface area contributed by atoms with E-state index < -0.39 is 0 Å². The van der Waals surface area contributed by atoms with Gasteiger partial charge in [-0.3, -0.25) is 0 Å². The predicted octanol–water partition coefficient (Wildman–Crippen LogP) is 0.931. The van der Waals surface area contributed by atoms with Crippen molar-refractivity contribution in [3.63, 3.8) is 0 Å². The summed E-state index contributed by atoms with van der Waals surface area (Å²) in [5.74, 6) is 0. The van der Waals surface area contributed by atoms with Gasteiger partial charge in [0.1, 0.15) is 0 Å². The van der Waals surface area contributed by atoms with Gasteiger partial charge in [0.05, 0.1) is 0 Å². The third-order valence-corrected chi connectivity index (χ3v) is 0.881. The Hall–Kier alpha value is 0.0244. The fourth-order valence-electron chi connectivity index (χ4n) is 0.214. The first-order valence-electron chi connectivity index (χ1n) is 2.01. The molecule has 8 heavy (non-hydrogen) atoms. The molecular formula is C5H6ClNV. The van der Waals surface area contributed by atoms with Crippen LogP contribution < -0.4 is 5.73 Å². The maximum atomic E-state index is 5.34. The Kier molecular flexibility index (Phi) is 5.18. The van der Waals surface area contributed by atoms with Crippen LogP contribution in [0.15, 0.2) is 23.4 Å². The van der Waals surface area contributed by atoms with Crippen molar-refractivity contribution in [3.8, 4) is 0 Å². The van der Waals surface area contributed by atoms with E-state index in [0.29, 0.717) is 5.70 Å². The zero-order valence-electron chi connectivity index (χ0n) is 4.21. The zero-order valence-corrected chi connectivity index (χ0v) is 6.36. The quantitative estimate of drug-likeness (QED) is 0.607. The van der Waals surface area contributed by atoms with Crippen LogP contribution in [0, 0.1) is 0 Å². The fourth-order valence-corrected chi connectivity index (χ4v) is 0.629. The molecule has 0 rings (SSSR count). The van der Waals surface area contributed by atoms with Crippen LogP contribution in [0.1, 0.15) is 0 Å². The Morgan fingerprint density at radius 3 is 2.62 bits per heavy atom. The van der Waals surface area contributed by atoms with Gasteiger partial charge in [0, 0.05) is 0 Å². The van der Waals surface area contributed by atoms with E-state index in [1.165, 1.54) is 5.54 Å². The monoisotopic (exact) mass is 166 g/mol. The van der Waals surface area contributed by atoms with Crippen molar-refractivity contribution in [2.45, 2.75) is 0 Å². The molecule has 0 saturated heterocycles. The van der Waals surface area contributed by atoms with Crippen LogP contribution in [0.3, 0.4) is 0 Å². The van der Waals surface area contributed by atoms with E-state index >= 15 is 0 Å². The van der Waals surface area contributed by atoms with Gasteiger partial charge in [-0.05, 0) is 0 Å². The molecule has 0 aliphatic heterocycles. The van der Waals surface area contributed by atoms with Crippen LogP contribution in [0.5, 0.6) is 0 Å². The van der Waals surface area contributed by atoms with Gasteiger partial charge in [0.2, 0.25) is 0 Å².